The second kappa shape index (κ2) is 7.66. The molecule has 2 aromatic carbocycles. The molecule has 32 heavy (non-hydrogen) atoms. The van der Waals surface area contributed by atoms with Crippen LogP contribution >= 0.6 is 11.6 Å². The highest BCUT2D eigenvalue weighted by molar-refractivity contribution is 6.31. The van der Waals surface area contributed by atoms with E-state index in [0.29, 0.717) is 10.7 Å². The first-order valence-corrected chi connectivity index (χ1v) is 10.5. The second-order valence-corrected chi connectivity index (χ2v) is 8.08. The molecule has 1 saturated heterocycles. The van der Waals surface area contributed by atoms with Gasteiger partial charge < -0.3 is 9.88 Å². The fraction of sp³-hybridized carbons (Fsp3) is 0.0800. The molecule has 0 radical (unpaired) electrons. The molecule has 1 aliphatic rings. The molecule has 5 rings (SSSR count). The summed E-state index contributed by atoms with van der Waals surface area (Å²) in [5.41, 5.74) is 5.48. The van der Waals surface area contributed by atoms with Crippen LogP contribution in [0.3, 0.4) is 0 Å². The van der Waals surface area contributed by atoms with Gasteiger partial charge in [-0.3, -0.25) is 9.78 Å². The largest absolute Gasteiger partial charge is 0.333 e. The molecule has 0 bridgehead atoms. The summed E-state index contributed by atoms with van der Waals surface area (Å²) in [6.07, 6.45) is 3.50. The SMILES string of the molecule is Cc1cc(/C=C2/NC(=O)N(c3ccc(Cl)cc3)C2=O)c(C)n1-c1ccc2ncccc2c1. The highest BCUT2D eigenvalue weighted by Gasteiger charge is 2.35. The van der Waals surface area contributed by atoms with Gasteiger partial charge in [0.05, 0.1) is 11.2 Å². The minimum atomic E-state index is -0.487. The van der Waals surface area contributed by atoms with Gasteiger partial charge in [0.15, 0.2) is 0 Å². The molecule has 1 N–H and O–H groups in total. The summed E-state index contributed by atoms with van der Waals surface area (Å²) in [5, 5.41) is 4.27. The lowest BCUT2D eigenvalue weighted by atomic mass is 10.2. The van der Waals surface area contributed by atoms with Crippen LogP contribution < -0.4 is 10.2 Å². The maximum atomic E-state index is 13.0. The maximum Gasteiger partial charge on any atom is 0.333 e. The molecule has 158 valence electrons. The van der Waals surface area contributed by atoms with Crippen LogP contribution in [0.25, 0.3) is 22.7 Å². The minimum Gasteiger partial charge on any atom is -0.318 e. The Morgan fingerprint density at radius 2 is 1.72 bits per heavy atom. The Labute approximate surface area is 189 Å². The standard InChI is InChI=1S/C25H19ClN4O2/c1-15-12-18(16(2)29(15)21-9-10-22-17(13-21)4-3-11-27-22)14-23-24(31)30(25(32)28-23)20-7-5-19(26)6-8-20/h3-14H,1-2H3,(H,28,32)/b23-14+. The summed E-state index contributed by atoms with van der Waals surface area (Å²) in [6.45, 7) is 4.00. The van der Waals surface area contributed by atoms with Crippen molar-refractivity contribution in [1.82, 2.24) is 14.9 Å². The fourth-order valence-electron chi connectivity index (χ4n) is 4.05. The number of nitrogens with one attached hydrogen (secondary N) is 1. The number of pyridine rings is 1. The van der Waals surface area contributed by atoms with Gasteiger partial charge in [-0.2, -0.15) is 0 Å². The number of anilines is 1. The van der Waals surface area contributed by atoms with Gasteiger partial charge in [0.25, 0.3) is 5.91 Å². The number of hydrogen-bond acceptors (Lipinski definition) is 3. The van der Waals surface area contributed by atoms with E-state index in [0.717, 1.165) is 38.4 Å². The van der Waals surface area contributed by atoms with E-state index in [1.807, 2.05) is 44.2 Å². The van der Waals surface area contributed by atoms with Crippen LogP contribution in [0.4, 0.5) is 10.5 Å². The van der Waals surface area contributed by atoms with Crippen molar-refractivity contribution in [2.75, 3.05) is 4.90 Å². The summed E-state index contributed by atoms with van der Waals surface area (Å²) < 4.78 is 2.12. The molecule has 3 heterocycles. The molecule has 6 nitrogen and oxygen atoms in total. The molecule has 1 aliphatic heterocycles. The predicted octanol–water partition coefficient (Wildman–Crippen LogP) is 5.39. The molecule has 0 aliphatic carbocycles. The van der Waals surface area contributed by atoms with Crippen molar-refractivity contribution in [3.63, 3.8) is 0 Å². The third kappa shape index (κ3) is 3.35. The van der Waals surface area contributed by atoms with Crippen LogP contribution in [-0.4, -0.2) is 21.5 Å². The summed E-state index contributed by atoms with van der Waals surface area (Å²) in [5.74, 6) is -0.404. The number of nitrogens with zero attached hydrogens (tertiary/aromatic N) is 3. The van der Waals surface area contributed by atoms with Crippen LogP contribution in [-0.2, 0) is 4.79 Å². The summed E-state index contributed by atoms with van der Waals surface area (Å²) >= 11 is 5.92. The Hall–Kier alpha value is -3.90. The lowest BCUT2D eigenvalue weighted by Crippen LogP contribution is -2.30. The summed E-state index contributed by atoms with van der Waals surface area (Å²) in [7, 11) is 0. The van der Waals surface area contributed by atoms with Crippen molar-refractivity contribution in [3.05, 3.63) is 94.5 Å². The zero-order chi connectivity index (χ0) is 22.4. The van der Waals surface area contributed by atoms with Crippen LogP contribution in [0, 0.1) is 13.8 Å². The number of rotatable bonds is 3. The van der Waals surface area contributed by atoms with Crippen molar-refractivity contribution in [3.8, 4) is 5.69 Å². The zero-order valence-corrected chi connectivity index (χ0v) is 18.2. The number of imide groups is 1. The van der Waals surface area contributed by atoms with E-state index in [1.54, 1.807) is 36.5 Å². The third-order valence-corrected chi connectivity index (χ3v) is 5.83. The first-order chi connectivity index (χ1) is 15.4. The number of fused-ring (bicyclic) bond motifs is 1. The van der Waals surface area contributed by atoms with Crippen molar-refractivity contribution < 1.29 is 9.59 Å². The van der Waals surface area contributed by atoms with E-state index in [-0.39, 0.29) is 5.70 Å². The van der Waals surface area contributed by atoms with Gasteiger partial charge in [-0.25, -0.2) is 9.69 Å². The number of carbonyl (C=O) groups is 2. The summed E-state index contributed by atoms with van der Waals surface area (Å²) in [4.78, 5) is 30.9. The number of aryl methyl sites for hydroxylation is 1. The number of halogens is 1. The number of carbonyl (C=O) groups excluding carboxylic acids is 2. The third-order valence-electron chi connectivity index (χ3n) is 5.58. The Balaban J connectivity index is 1.51. The molecule has 0 spiro atoms. The molecule has 0 unspecified atom stereocenters. The Morgan fingerprint density at radius 1 is 0.969 bits per heavy atom. The average molecular weight is 443 g/mol. The molecule has 0 atom stereocenters. The van der Waals surface area contributed by atoms with Gasteiger partial charge in [0.2, 0.25) is 0 Å². The summed E-state index contributed by atoms with van der Waals surface area (Å²) in [6, 6.07) is 18.1. The van der Waals surface area contributed by atoms with E-state index in [9.17, 15) is 9.59 Å². The number of benzene rings is 2. The lowest BCUT2D eigenvalue weighted by Gasteiger charge is -2.11. The van der Waals surface area contributed by atoms with Crippen molar-refractivity contribution in [2.24, 2.45) is 0 Å². The number of hydrogen-bond donors (Lipinski definition) is 1. The number of aromatic nitrogens is 2. The molecule has 7 heteroatoms. The predicted molar refractivity (Wildman–Crippen MR) is 126 cm³/mol. The molecule has 3 amide bonds. The second-order valence-electron chi connectivity index (χ2n) is 7.65. The molecule has 4 aromatic rings. The minimum absolute atomic E-state index is 0.230. The zero-order valence-electron chi connectivity index (χ0n) is 17.5. The highest BCUT2D eigenvalue weighted by Crippen LogP contribution is 2.27. The monoisotopic (exact) mass is 442 g/mol. The Morgan fingerprint density at radius 3 is 2.50 bits per heavy atom. The van der Waals surface area contributed by atoms with Crippen molar-refractivity contribution in [1.29, 1.82) is 0 Å². The molecule has 0 saturated carbocycles. The van der Waals surface area contributed by atoms with Gasteiger partial charge in [0.1, 0.15) is 5.70 Å². The van der Waals surface area contributed by atoms with E-state index in [4.69, 9.17) is 11.6 Å². The van der Waals surface area contributed by atoms with Gasteiger partial charge in [-0.1, -0.05) is 17.7 Å². The molecular formula is C25H19ClN4O2. The van der Waals surface area contributed by atoms with Crippen molar-refractivity contribution >= 4 is 46.2 Å². The first-order valence-electron chi connectivity index (χ1n) is 10.1. The van der Waals surface area contributed by atoms with Gasteiger partial charge in [0, 0.05) is 33.7 Å². The normalized spacial score (nSPS) is 15.1. The van der Waals surface area contributed by atoms with Gasteiger partial charge in [-0.05, 0) is 80.1 Å². The first kappa shape index (κ1) is 20.0. The van der Waals surface area contributed by atoms with E-state index < -0.39 is 11.9 Å². The quantitative estimate of drug-likeness (QED) is 0.341. The van der Waals surface area contributed by atoms with E-state index >= 15 is 0 Å². The average Bonchev–Trinajstić information content (AvgIpc) is 3.22. The van der Waals surface area contributed by atoms with Crippen LogP contribution in [0.2, 0.25) is 5.02 Å². The topological polar surface area (TPSA) is 67.2 Å². The van der Waals surface area contributed by atoms with Crippen LogP contribution in [0.1, 0.15) is 17.0 Å². The van der Waals surface area contributed by atoms with E-state index in [1.165, 1.54) is 0 Å². The molecular weight excluding hydrogens is 424 g/mol. The van der Waals surface area contributed by atoms with E-state index in [2.05, 4.69) is 20.9 Å². The molecule has 2 aromatic heterocycles. The Bertz CT molecular complexity index is 1420. The maximum absolute atomic E-state index is 13.0. The van der Waals surface area contributed by atoms with Gasteiger partial charge >= 0.3 is 6.03 Å². The van der Waals surface area contributed by atoms with Crippen LogP contribution in [0.5, 0.6) is 0 Å². The highest BCUT2D eigenvalue weighted by atomic mass is 35.5. The molecule has 1 fully saturated rings. The van der Waals surface area contributed by atoms with Crippen LogP contribution in [0.15, 0.2) is 72.6 Å². The smallest absolute Gasteiger partial charge is 0.318 e. The Kier molecular flexibility index (Phi) is 4.79. The lowest BCUT2D eigenvalue weighted by molar-refractivity contribution is -0.113. The number of amides is 3. The van der Waals surface area contributed by atoms with Crippen molar-refractivity contribution in [2.45, 2.75) is 13.8 Å². The fourth-order valence-corrected chi connectivity index (χ4v) is 4.17. The number of urea groups is 1. The van der Waals surface area contributed by atoms with Gasteiger partial charge in [-0.15, -0.1) is 0 Å².